The second kappa shape index (κ2) is 7.55. The summed E-state index contributed by atoms with van der Waals surface area (Å²) in [7, 11) is 0. The van der Waals surface area contributed by atoms with Crippen molar-refractivity contribution < 1.29 is 14.3 Å². The normalized spacial score (nSPS) is 15.4. The lowest BCUT2D eigenvalue weighted by molar-refractivity contribution is -0.117. The van der Waals surface area contributed by atoms with E-state index in [9.17, 15) is 9.90 Å². The molecule has 1 aliphatic rings. The Balaban J connectivity index is 1.48. The van der Waals surface area contributed by atoms with Crippen molar-refractivity contribution in [3.8, 4) is 0 Å². The van der Waals surface area contributed by atoms with Gasteiger partial charge in [0.15, 0.2) is 11.4 Å². The van der Waals surface area contributed by atoms with Gasteiger partial charge in [0, 0.05) is 24.7 Å². The number of aliphatic hydroxyl groups is 1. The number of carbonyl (C=O) groups is 1. The van der Waals surface area contributed by atoms with Crippen LogP contribution in [-0.2, 0) is 17.8 Å². The third-order valence-electron chi connectivity index (χ3n) is 4.90. The molecule has 0 radical (unpaired) electrons. The highest BCUT2D eigenvalue weighted by Crippen LogP contribution is 2.30. The molecule has 3 aromatic heterocycles. The number of aromatic nitrogens is 5. The van der Waals surface area contributed by atoms with Crippen LogP contribution < -0.4 is 10.6 Å². The molecule has 28 heavy (non-hydrogen) atoms. The fourth-order valence-corrected chi connectivity index (χ4v) is 3.56. The predicted molar refractivity (Wildman–Crippen MR) is 101 cm³/mol. The van der Waals surface area contributed by atoms with Gasteiger partial charge in [-0.3, -0.25) is 4.79 Å². The van der Waals surface area contributed by atoms with Gasteiger partial charge >= 0.3 is 0 Å². The molecule has 1 saturated heterocycles. The molecule has 3 aromatic rings. The van der Waals surface area contributed by atoms with Crippen molar-refractivity contribution in [3.63, 3.8) is 0 Å². The van der Waals surface area contributed by atoms with E-state index in [1.54, 1.807) is 4.68 Å². The van der Waals surface area contributed by atoms with Gasteiger partial charge in [-0.25, -0.2) is 14.6 Å². The standard InChI is InChI=1S/C18H23N7O3/c1-11-2-3-13-16(20-11)22-18(28-13)24-6-4-12(5-7-24)17-21-15(10-14(19)27)23-25(17)8-9-26/h2-3,12,26H,4-10H2,1H3,(H2,19,27). The number of aryl methyl sites for hydroxylation is 1. The lowest BCUT2D eigenvalue weighted by Crippen LogP contribution is -2.34. The molecule has 10 nitrogen and oxygen atoms in total. The number of piperidine rings is 1. The zero-order valence-corrected chi connectivity index (χ0v) is 15.7. The largest absolute Gasteiger partial charge is 0.422 e. The van der Waals surface area contributed by atoms with Crippen LogP contribution in [0.15, 0.2) is 16.5 Å². The first-order chi connectivity index (χ1) is 13.5. The summed E-state index contributed by atoms with van der Waals surface area (Å²) in [5, 5.41) is 13.6. The lowest BCUT2D eigenvalue weighted by Gasteiger charge is -2.30. The molecule has 3 N–H and O–H groups in total. The number of rotatable bonds is 6. The molecule has 4 heterocycles. The molecule has 1 fully saturated rings. The van der Waals surface area contributed by atoms with Gasteiger partial charge in [-0.15, -0.1) is 0 Å². The molecule has 0 spiro atoms. The Kier molecular flexibility index (Phi) is 4.95. The van der Waals surface area contributed by atoms with E-state index in [0.717, 1.165) is 37.4 Å². The number of nitrogens with zero attached hydrogens (tertiary/aromatic N) is 6. The summed E-state index contributed by atoms with van der Waals surface area (Å²) >= 11 is 0. The zero-order chi connectivity index (χ0) is 19.7. The number of aliphatic hydroxyl groups excluding tert-OH is 1. The first kappa shape index (κ1) is 18.4. The Morgan fingerprint density at radius 3 is 2.79 bits per heavy atom. The fourth-order valence-electron chi connectivity index (χ4n) is 3.56. The van der Waals surface area contributed by atoms with E-state index in [1.165, 1.54) is 0 Å². The Hall–Kier alpha value is -3.01. The smallest absolute Gasteiger partial charge is 0.299 e. The Morgan fingerprint density at radius 2 is 2.07 bits per heavy atom. The van der Waals surface area contributed by atoms with Gasteiger partial charge in [0.25, 0.3) is 6.01 Å². The maximum absolute atomic E-state index is 11.2. The van der Waals surface area contributed by atoms with E-state index in [4.69, 9.17) is 10.2 Å². The van der Waals surface area contributed by atoms with Crippen LogP contribution >= 0.6 is 0 Å². The maximum Gasteiger partial charge on any atom is 0.299 e. The number of anilines is 1. The first-order valence-corrected chi connectivity index (χ1v) is 9.35. The maximum atomic E-state index is 11.2. The number of hydrogen-bond acceptors (Lipinski definition) is 8. The molecule has 0 aliphatic carbocycles. The molecular weight excluding hydrogens is 362 g/mol. The molecule has 0 saturated carbocycles. The monoisotopic (exact) mass is 385 g/mol. The van der Waals surface area contributed by atoms with Crippen LogP contribution in [0.2, 0.25) is 0 Å². The molecule has 0 bridgehead atoms. The zero-order valence-electron chi connectivity index (χ0n) is 15.7. The minimum Gasteiger partial charge on any atom is -0.422 e. The van der Waals surface area contributed by atoms with Crippen molar-refractivity contribution in [1.29, 1.82) is 0 Å². The Morgan fingerprint density at radius 1 is 1.29 bits per heavy atom. The van der Waals surface area contributed by atoms with Crippen molar-refractivity contribution >= 4 is 23.2 Å². The second-order valence-corrected chi connectivity index (χ2v) is 7.01. The van der Waals surface area contributed by atoms with Crippen LogP contribution in [0, 0.1) is 6.92 Å². The van der Waals surface area contributed by atoms with E-state index in [0.29, 0.717) is 29.6 Å². The van der Waals surface area contributed by atoms with Crippen molar-refractivity contribution in [3.05, 3.63) is 29.5 Å². The molecule has 0 unspecified atom stereocenters. The number of amides is 1. The van der Waals surface area contributed by atoms with Gasteiger partial charge in [0.1, 0.15) is 5.82 Å². The number of carbonyl (C=O) groups excluding carboxylic acids is 1. The average molecular weight is 385 g/mol. The number of fused-ring (bicyclic) bond motifs is 1. The van der Waals surface area contributed by atoms with Gasteiger partial charge in [-0.05, 0) is 31.9 Å². The topological polar surface area (TPSA) is 136 Å². The third-order valence-corrected chi connectivity index (χ3v) is 4.90. The fraction of sp³-hybridized carbons (Fsp3) is 0.500. The minimum absolute atomic E-state index is 0.000402. The molecule has 10 heteroatoms. The highest BCUT2D eigenvalue weighted by atomic mass is 16.4. The van der Waals surface area contributed by atoms with Crippen LogP contribution in [0.25, 0.3) is 11.2 Å². The lowest BCUT2D eigenvalue weighted by atomic mass is 9.96. The molecule has 1 aliphatic heterocycles. The van der Waals surface area contributed by atoms with Gasteiger partial charge in [-0.1, -0.05) is 0 Å². The van der Waals surface area contributed by atoms with Gasteiger partial charge in [0.05, 0.1) is 19.6 Å². The number of primary amides is 1. The molecule has 148 valence electrons. The van der Waals surface area contributed by atoms with E-state index in [2.05, 4.69) is 25.0 Å². The highest BCUT2D eigenvalue weighted by Gasteiger charge is 2.28. The molecule has 4 rings (SSSR count). The number of oxazole rings is 1. The summed E-state index contributed by atoms with van der Waals surface area (Å²) in [4.78, 5) is 26.7. The average Bonchev–Trinajstić information content (AvgIpc) is 3.25. The number of hydrogen-bond donors (Lipinski definition) is 2. The summed E-state index contributed by atoms with van der Waals surface area (Å²) in [6, 6.07) is 4.37. The first-order valence-electron chi connectivity index (χ1n) is 9.35. The molecular formula is C18H23N7O3. The van der Waals surface area contributed by atoms with Gasteiger partial charge in [-0.2, -0.15) is 10.1 Å². The van der Waals surface area contributed by atoms with Crippen LogP contribution in [0.3, 0.4) is 0 Å². The van der Waals surface area contributed by atoms with Crippen molar-refractivity contribution in [1.82, 2.24) is 24.7 Å². The van der Waals surface area contributed by atoms with Crippen LogP contribution in [0.1, 0.15) is 36.1 Å². The summed E-state index contributed by atoms with van der Waals surface area (Å²) in [6.45, 7) is 3.74. The minimum atomic E-state index is -0.470. The summed E-state index contributed by atoms with van der Waals surface area (Å²) in [6.07, 6.45) is 1.68. The molecule has 1 amide bonds. The summed E-state index contributed by atoms with van der Waals surface area (Å²) in [5.41, 5.74) is 7.46. The van der Waals surface area contributed by atoms with Crippen LogP contribution in [0.4, 0.5) is 6.01 Å². The molecule has 0 atom stereocenters. The van der Waals surface area contributed by atoms with Gasteiger partial charge < -0.3 is 20.2 Å². The van der Waals surface area contributed by atoms with Crippen LogP contribution in [-0.4, -0.2) is 55.4 Å². The van der Waals surface area contributed by atoms with Crippen LogP contribution in [0.5, 0.6) is 0 Å². The quantitative estimate of drug-likeness (QED) is 0.627. The van der Waals surface area contributed by atoms with E-state index < -0.39 is 5.91 Å². The van der Waals surface area contributed by atoms with E-state index >= 15 is 0 Å². The SMILES string of the molecule is Cc1ccc2oc(N3CCC(c4nc(CC(N)=O)nn4CCO)CC3)nc2n1. The molecule has 0 aromatic carbocycles. The van der Waals surface area contributed by atoms with Crippen molar-refractivity contribution in [2.45, 2.75) is 38.6 Å². The summed E-state index contributed by atoms with van der Waals surface area (Å²) in [5.74, 6) is 0.905. The highest BCUT2D eigenvalue weighted by molar-refractivity contribution is 5.75. The second-order valence-electron chi connectivity index (χ2n) is 7.01. The van der Waals surface area contributed by atoms with E-state index in [-0.39, 0.29) is 18.9 Å². The number of pyridine rings is 1. The van der Waals surface area contributed by atoms with E-state index in [1.807, 2.05) is 19.1 Å². The summed E-state index contributed by atoms with van der Waals surface area (Å²) < 4.78 is 7.53. The number of nitrogens with two attached hydrogens (primary N) is 1. The van der Waals surface area contributed by atoms with Crippen molar-refractivity contribution in [2.24, 2.45) is 5.73 Å². The van der Waals surface area contributed by atoms with Gasteiger partial charge in [0.2, 0.25) is 11.6 Å². The van der Waals surface area contributed by atoms with Crippen molar-refractivity contribution in [2.75, 3.05) is 24.6 Å². The Labute approximate surface area is 161 Å². The Bertz CT molecular complexity index is 988. The third kappa shape index (κ3) is 3.68. The predicted octanol–water partition coefficient (Wildman–Crippen LogP) is 0.527.